The Morgan fingerprint density at radius 2 is 1.97 bits per heavy atom. The summed E-state index contributed by atoms with van der Waals surface area (Å²) in [6.07, 6.45) is 6.86. The summed E-state index contributed by atoms with van der Waals surface area (Å²) >= 11 is 0. The first kappa shape index (κ1) is 19.4. The number of amides is 1. The number of anilines is 1. The molecule has 0 unspecified atom stereocenters. The number of aromatic amines is 1. The molecule has 0 aliphatic heterocycles. The number of rotatable bonds is 5. The minimum Gasteiger partial charge on any atom is -0.497 e. The molecule has 3 aromatic heterocycles. The molecule has 1 aromatic carbocycles. The summed E-state index contributed by atoms with van der Waals surface area (Å²) in [6, 6.07) is 9.66. The van der Waals surface area contributed by atoms with Crippen LogP contribution in [0.25, 0.3) is 33.3 Å². The quantitative estimate of drug-likeness (QED) is 0.462. The van der Waals surface area contributed by atoms with Crippen LogP contribution in [0.4, 0.5) is 5.69 Å². The van der Waals surface area contributed by atoms with E-state index in [2.05, 4.69) is 39.8 Å². The molecule has 150 valence electrons. The Bertz CT molecular complexity index is 1270. The first-order valence-corrected chi connectivity index (χ1v) is 9.52. The highest BCUT2D eigenvalue weighted by Gasteiger charge is 2.15. The number of H-pyrrole nitrogens is 1. The van der Waals surface area contributed by atoms with Crippen molar-refractivity contribution in [3.8, 4) is 28.0 Å². The molecule has 0 radical (unpaired) electrons. The van der Waals surface area contributed by atoms with Gasteiger partial charge in [0, 0.05) is 52.6 Å². The van der Waals surface area contributed by atoms with E-state index in [4.69, 9.17) is 4.74 Å². The first-order chi connectivity index (χ1) is 14.5. The van der Waals surface area contributed by atoms with E-state index in [9.17, 15) is 4.79 Å². The minimum absolute atomic E-state index is 0.277. The number of aryl methyl sites for hydroxylation is 2. The van der Waals surface area contributed by atoms with Crippen molar-refractivity contribution in [3.05, 3.63) is 72.8 Å². The lowest BCUT2D eigenvalue weighted by Gasteiger charge is -2.13. The zero-order valence-corrected chi connectivity index (χ0v) is 17.1. The number of nitrogens with one attached hydrogen (secondary N) is 2. The molecule has 0 fully saturated rings. The van der Waals surface area contributed by atoms with Crippen LogP contribution in [0.5, 0.6) is 5.75 Å². The van der Waals surface area contributed by atoms with Crippen LogP contribution in [0, 0.1) is 13.8 Å². The molecule has 4 aromatic rings. The largest absolute Gasteiger partial charge is 0.497 e. The average Bonchev–Trinajstić information content (AvgIpc) is 3.18. The van der Waals surface area contributed by atoms with E-state index in [1.165, 1.54) is 6.08 Å². The van der Waals surface area contributed by atoms with Crippen LogP contribution in [-0.2, 0) is 4.79 Å². The molecule has 6 heteroatoms. The molecule has 2 N–H and O–H groups in total. The maximum absolute atomic E-state index is 11.8. The van der Waals surface area contributed by atoms with Crippen molar-refractivity contribution in [1.29, 1.82) is 0 Å². The van der Waals surface area contributed by atoms with Gasteiger partial charge in [0.2, 0.25) is 5.91 Å². The number of benzene rings is 1. The SMILES string of the molecule is C=CC(=O)Nc1cc(OC)cc(-c2cnc3[nH]cc(-c4ccnc(C)c4)c3c2C)c1. The highest BCUT2D eigenvalue weighted by atomic mass is 16.5. The molecule has 0 atom stereocenters. The third-order valence-electron chi connectivity index (χ3n) is 5.07. The third kappa shape index (κ3) is 3.55. The van der Waals surface area contributed by atoms with E-state index < -0.39 is 0 Å². The molecule has 6 nitrogen and oxygen atoms in total. The highest BCUT2D eigenvalue weighted by Crippen LogP contribution is 2.37. The fraction of sp³-hybridized carbons (Fsp3) is 0.125. The Hall–Kier alpha value is -3.93. The number of carbonyl (C=O) groups is 1. The van der Waals surface area contributed by atoms with Crippen molar-refractivity contribution in [2.24, 2.45) is 0 Å². The summed E-state index contributed by atoms with van der Waals surface area (Å²) in [6.45, 7) is 7.56. The number of fused-ring (bicyclic) bond motifs is 1. The summed E-state index contributed by atoms with van der Waals surface area (Å²) in [7, 11) is 1.60. The number of methoxy groups -OCH3 is 1. The fourth-order valence-corrected chi connectivity index (χ4v) is 3.62. The lowest BCUT2D eigenvalue weighted by Crippen LogP contribution is -2.07. The van der Waals surface area contributed by atoms with E-state index in [0.717, 1.165) is 44.5 Å². The predicted molar refractivity (Wildman–Crippen MR) is 120 cm³/mol. The number of hydrogen-bond acceptors (Lipinski definition) is 4. The molecule has 0 saturated carbocycles. The van der Waals surface area contributed by atoms with Crippen molar-refractivity contribution in [2.75, 3.05) is 12.4 Å². The number of hydrogen-bond donors (Lipinski definition) is 2. The molecule has 0 aliphatic rings. The smallest absolute Gasteiger partial charge is 0.247 e. The Morgan fingerprint density at radius 1 is 1.13 bits per heavy atom. The predicted octanol–water partition coefficient (Wildman–Crippen LogP) is 5.04. The van der Waals surface area contributed by atoms with Gasteiger partial charge in [-0.25, -0.2) is 4.98 Å². The molecule has 0 bridgehead atoms. The van der Waals surface area contributed by atoms with Crippen LogP contribution in [0.1, 0.15) is 11.3 Å². The van der Waals surface area contributed by atoms with Crippen molar-refractivity contribution >= 4 is 22.6 Å². The molecule has 4 rings (SSSR count). The second-order valence-corrected chi connectivity index (χ2v) is 7.05. The normalized spacial score (nSPS) is 10.8. The molecule has 0 spiro atoms. The monoisotopic (exact) mass is 398 g/mol. The Balaban J connectivity index is 1.89. The fourth-order valence-electron chi connectivity index (χ4n) is 3.62. The summed E-state index contributed by atoms with van der Waals surface area (Å²) in [5.41, 5.74) is 7.52. The van der Waals surface area contributed by atoms with Crippen molar-refractivity contribution < 1.29 is 9.53 Å². The first-order valence-electron chi connectivity index (χ1n) is 9.52. The van der Waals surface area contributed by atoms with Crippen molar-refractivity contribution in [1.82, 2.24) is 15.0 Å². The van der Waals surface area contributed by atoms with Gasteiger partial charge in [0.1, 0.15) is 11.4 Å². The van der Waals surface area contributed by atoms with Crippen LogP contribution >= 0.6 is 0 Å². The lowest BCUT2D eigenvalue weighted by molar-refractivity contribution is -0.111. The maximum atomic E-state index is 11.8. The van der Waals surface area contributed by atoms with Gasteiger partial charge < -0.3 is 15.0 Å². The van der Waals surface area contributed by atoms with Gasteiger partial charge in [0.05, 0.1) is 7.11 Å². The third-order valence-corrected chi connectivity index (χ3v) is 5.07. The molecular weight excluding hydrogens is 376 g/mol. The number of aromatic nitrogens is 3. The van der Waals surface area contributed by atoms with Gasteiger partial charge in [0.25, 0.3) is 0 Å². The summed E-state index contributed by atoms with van der Waals surface area (Å²) in [4.78, 5) is 24.0. The summed E-state index contributed by atoms with van der Waals surface area (Å²) in [5, 5.41) is 3.85. The zero-order valence-electron chi connectivity index (χ0n) is 17.1. The Kier molecular flexibility index (Phi) is 5.06. The topological polar surface area (TPSA) is 79.9 Å². The Morgan fingerprint density at radius 3 is 2.70 bits per heavy atom. The van der Waals surface area contributed by atoms with Gasteiger partial charge in [-0.3, -0.25) is 9.78 Å². The van der Waals surface area contributed by atoms with Crippen LogP contribution in [0.15, 0.2) is 61.6 Å². The minimum atomic E-state index is -0.277. The highest BCUT2D eigenvalue weighted by molar-refractivity contribution is 6.01. The zero-order chi connectivity index (χ0) is 21.3. The van der Waals surface area contributed by atoms with Gasteiger partial charge in [-0.1, -0.05) is 6.58 Å². The summed E-state index contributed by atoms with van der Waals surface area (Å²) in [5.74, 6) is 0.367. The van der Waals surface area contributed by atoms with E-state index in [0.29, 0.717) is 11.4 Å². The van der Waals surface area contributed by atoms with Crippen LogP contribution < -0.4 is 10.1 Å². The second-order valence-electron chi connectivity index (χ2n) is 7.05. The summed E-state index contributed by atoms with van der Waals surface area (Å²) < 4.78 is 5.44. The molecular formula is C24H22N4O2. The van der Waals surface area contributed by atoms with E-state index in [1.807, 2.05) is 43.7 Å². The number of ether oxygens (including phenoxy) is 1. The van der Waals surface area contributed by atoms with E-state index in [1.54, 1.807) is 13.2 Å². The van der Waals surface area contributed by atoms with Gasteiger partial charge in [-0.15, -0.1) is 0 Å². The van der Waals surface area contributed by atoms with E-state index in [-0.39, 0.29) is 5.91 Å². The average molecular weight is 398 g/mol. The van der Waals surface area contributed by atoms with Crippen molar-refractivity contribution in [2.45, 2.75) is 13.8 Å². The van der Waals surface area contributed by atoms with Crippen LogP contribution in [-0.4, -0.2) is 28.0 Å². The van der Waals surface area contributed by atoms with Gasteiger partial charge in [-0.05, 0) is 60.9 Å². The van der Waals surface area contributed by atoms with Gasteiger partial charge in [-0.2, -0.15) is 0 Å². The van der Waals surface area contributed by atoms with Gasteiger partial charge >= 0.3 is 0 Å². The van der Waals surface area contributed by atoms with Crippen molar-refractivity contribution in [3.63, 3.8) is 0 Å². The molecule has 0 saturated heterocycles. The number of nitrogens with zero attached hydrogens (tertiary/aromatic N) is 2. The molecule has 30 heavy (non-hydrogen) atoms. The molecule has 3 heterocycles. The van der Waals surface area contributed by atoms with Gasteiger partial charge in [0.15, 0.2) is 0 Å². The maximum Gasteiger partial charge on any atom is 0.247 e. The van der Waals surface area contributed by atoms with E-state index >= 15 is 0 Å². The molecule has 1 amide bonds. The molecule has 0 aliphatic carbocycles. The van der Waals surface area contributed by atoms with Crippen LogP contribution in [0.2, 0.25) is 0 Å². The van der Waals surface area contributed by atoms with Crippen LogP contribution in [0.3, 0.4) is 0 Å². The number of carbonyl (C=O) groups excluding carboxylic acids is 1. The Labute approximate surface area is 174 Å². The number of pyridine rings is 2. The standard InChI is InChI=1S/C24H22N4O2/c1-5-22(29)28-18-9-17(10-19(11-18)30-4)20-12-26-24-23(15(20)3)21(13-27-24)16-6-7-25-14(2)8-16/h5-13H,1H2,2-4H3,(H,26,27)(H,28,29). The lowest BCUT2D eigenvalue weighted by atomic mass is 9.96. The second kappa shape index (κ2) is 7.83.